The molecule has 1 aromatic heterocycles. The predicted molar refractivity (Wildman–Crippen MR) is 138 cm³/mol. The maximum Gasteiger partial charge on any atom is 0.279 e. The standard InChI is InChI=1S/C26H30ClN3O4S/c1-2-19(29-24(31)5-3-13-30-14-4-6-25(30)32)9-11-21-16-28-26(35-21)34-23-12-10-20(15-22(23)27)33-17-18-7-8-18/h2,9-12,15-16,18-19H,1,3-8,13-14,17H2,(H,29,31)/b11-9+/t19-/m0/s1. The summed E-state index contributed by atoms with van der Waals surface area (Å²) in [7, 11) is 0. The number of carbonyl (C=O) groups is 2. The second-order valence-corrected chi connectivity index (χ2v) is 10.2. The zero-order valence-electron chi connectivity index (χ0n) is 19.6. The second kappa shape index (κ2) is 12.2. The summed E-state index contributed by atoms with van der Waals surface area (Å²) in [5.41, 5.74) is 0. The fourth-order valence-corrected chi connectivity index (χ4v) is 4.55. The van der Waals surface area contributed by atoms with Gasteiger partial charge in [0.05, 0.1) is 22.5 Å². The third-order valence-corrected chi connectivity index (χ3v) is 6.97. The Labute approximate surface area is 214 Å². The topological polar surface area (TPSA) is 80.8 Å². The number of ether oxygens (including phenoxy) is 2. The van der Waals surface area contributed by atoms with E-state index < -0.39 is 0 Å². The van der Waals surface area contributed by atoms with E-state index in [1.54, 1.807) is 24.4 Å². The van der Waals surface area contributed by atoms with Crippen LogP contribution in [0.1, 0.15) is 43.4 Å². The van der Waals surface area contributed by atoms with Crippen molar-refractivity contribution in [2.75, 3.05) is 19.7 Å². The fraction of sp³-hybridized carbons (Fsp3) is 0.423. The SMILES string of the molecule is C=C[C@@H](/C=C/c1cnc(Oc2ccc(OCC3CC3)cc2Cl)s1)NC(=O)CCCN1CCCC1=O. The molecule has 9 heteroatoms. The molecule has 1 aliphatic heterocycles. The number of rotatable bonds is 13. The van der Waals surface area contributed by atoms with Gasteiger partial charge in [0.15, 0.2) is 0 Å². The Morgan fingerprint density at radius 3 is 2.97 bits per heavy atom. The first-order chi connectivity index (χ1) is 17.0. The van der Waals surface area contributed by atoms with Gasteiger partial charge in [-0.05, 0) is 49.8 Å². The smallest absolute Gasteiger partial charge is 0.279 e. The van der Waals surface area contributed by atoms with E-state index in [1.165, 1.54) is 24.2 Å². The van der Waals surface area contributed by atoms with Gasteiger partial charge in [-0.25, -0.2) is 4.98 Å². The van der Waals surface area contributed by atoms with Crippen LogP contribution in [0, 0.1) is 5.92 Å². The highest BCUT2D eigenvalue weighted by Gasteiger charge is 2.22. The highest BCUT2D eigenvalue weighted by atomic mass is 35.5. The molecular formula is C26H30ClN3O4S. The summed E-state index contributed by atoms with van der Waals surface area (Å²) in [5.74, 6) is 2.04. The van der Waals surface area contributed by atoms with Crippen LogP contribution in [-0.2, 0) is 9.59 Å². The molecule has 1 N–H and O–H groups in total. The Hall–Kier alpha value is -2.84. The van der Waals surface area contributed by atoms with Gasteiger partial charge >= 0.3 is 0 Å². The van der Waals surface area contributed by atoms with E-state index in [0.717, 1.165) is 30.2 Å². The van der Waals surface area contributed by atoms with Crippen LogP contribution in [0.4, 0.5) is 0 Å². The summed E-state index contributed by atoms with van der Waals surface area (Å²) < 4.78 is 11.6. The normalized spacial score (nSPS) is 16.5. The predicted octanol–water partition coefficient (Wildman–Crippen LogP) is 5.46. The Bertz CT molecular complexity index is 1080. The monoisotopic (exact) mass is 515 g/mol. The number of nitrogens with one attached hydrogen (secondary N) is 1. The van der Waals surface area contributed by atoms with E-state index in [1.807, 2.05) is 23.1 Å². The first-order valence-electron chi connectivity index (χ1n) is 11.9. The van der Waals surface area contributed by atoms with Gasteiger partial charge in [-0.3, -0.25) is 9.59 Å². The van der Waals surface area contributed by atoms with Crippen LogP contribution in [0.25, 0.3) is 6.08 Å². The van der Waals surface area contributed by atoms with Crippen molar-refractivity contribution in [3.63, 3.8) is 0 Å². The highest BCUT2D eigenvalue weighted by Crippen LogP contribution is 2.35. The minimum Gasteiger partial charge on any atom is -0.493 e. The lowest BCUT2D eigenvalue weighted by molar-refractivity contribution is -0.128. The van der Waals surface area contributed by atoms with Crippen LogP contribution < -0.4 is 14.8 Å². The van der Waals surface area contributed by atoms with Crippen molar-refractivity contribution in [1.82, 2.24) is 15.2 Å². The van der Waals surface area contributed by atoms with Crippen LogP contribution in [0.2, 0.25) is 5.02 Å². The van der Waals surface area contributed by atoms with Crippen molar-refractivity contribution in [2.45, 2.75) is 44.6 Å². The molecule has 2 aromatic rings. The first-order valence-corrected chi connectivity index (χ1v) is 13.1. The molecule has 2 amide bonds. The van der Waals surface area contributed by atoms with E-state index >= 15 is 0 Å². The molecule has 0 radical (unpaired) electrons. The molecule has 1 aromatic carbocycles. The number of hydrogen-bond donors (Lipinski definition) is 1. The molecule has 35 heavy (non-hydrogen) atoms. The molecule has 0 unspecified atom stereocenters. The molecule has 1 saturated heterocycles. The van der Waals surface area contributed by atoms with Crippen LogP contribution in [0.3, 0.4) is 0 Å². The van der Waals surface area contributed by atoms with Crippen LogP contribution in [0.5, 0.6) is 16.7 Å². The number of amides is 2. The summed E-state index contributed by atoms with van der Waals surface area (Å²) in [5, 5.41) is 3.86. The molecule has 2 heterocycles. The van der Waals surface area contributed by atoms with Crippen LogP contribution in [-0.4, -0.2) is 47.4 Å². The summed E-state index contributed by atoms with van der Waals surface area (Å²) in [6.07, 6.45) is 12.1. The van der Waals surface area contributed by atoms with Gasteiger partial charge in [-0.2, -0.15) is 0 Å². The number of benzene rings is 1. The molecule has 1 atom stereocenters. The number of halogens is 1. The Kier molecular flexibility index (Phi) is 8.82. The minimum atomic E-state index is -0.306. The van der Waals surface area contributed by atoms with E-state index in [4.69, 9.17) is 21.1 Å². The van der Waals surface area contributed by atoms with Crippen LogP contribution in [0.15, 0.2) is 43.1 Å². The highest BCUT2D eigenvalue weighted by molar-refractivity contribution is 7.14. The molecule has 7 nitrogen and oxygen atoms in total. The molecular weight excluding hydrogens is 486 g/mol. The largest absolute Gasteiger partial charge is 0.493 e. The summed E-state index contributed by atoms with van der Waals surface area (Å²) >= 11 is 7.72. The van der Waals surface area contributed by atoms with Crippen molar-refractivity contribution in [1.29, 1.82) is 0 Å². The number of carbonyl (C=O) groups excluding carboxylic acids is 2. The minimum absolute atomic E-state index is 0.0706. The number of aromatic nitrogens is 1. The Morgan fingerprint density at radius 1 is 1.40 bits per heavy atom. The van der Waals surface area contributed by atoms with E-state index in [9.17, 15) is 9.59 Å². The zero-order chi connectivity index (χ0) is 24.6. The molecule has 2 aliphatic rings. The summed E-state index contributed by atoms with van der Waals surface area (Å²) in [4.78, 5) is 30.9. The lowest BCUT2D eigenvalue weighted by atomic mass is 10.2. The zero-order valence-corrected chi connectivity index (χ0v) is 21.2. The maximum absolute atomic E-state index is 12.3. The van der Waals surface area contributed by atoms with Gasteiger partial charge in [0, 0.05) is 38.2 Å². The first kappa shape index (κ1) is 25.3. The van der Waals surface area contributed by atoms with Gasteiger partial charge in [0.2, 0.25) is 11.8 Å². The lowest BCUT2D eigenvalue weighted by Gasteiger charge is -2.15. The molecule has 4 rings (SSSR count). The quantitative estimate of drug-likeness (QED) is 0.358. The average Bonchev–Trinajstić information content (AvgIpc) is 3.43. The van der Waals surface area contributed by atoms with E-state index in [0.29, 0.717) is 47.7 Å². The van der Waals surface area contributed by atoms with Gasteiger partial charge in [-0.1, -0.05) is 35.1 Å². The van der Waals surface area contributed by atoms with Crippen molar-refractivity contribution in [2.24, 2.45) is 5.92 Å². The van der Waals surface area contributed by atoms with Gasteiger partial charge in [0.25, 0.3) is 5.19 Å². The van der Waals surface area contributed by atoms with E-state index in [2.05, 4.69) is 16.9 Å². The van der Waals surface area contributed by atoms with Crippen molar-refractivity contribution >= 4 is 40.8 Å². The molecule has 186 valence electrons. The summed E-state index contributed by atoms with van der Waals surface area (Å²) in [6.45, 7) is 5.96. The Morgan fingerprint density at radius 2 is 2.26 bits per heavy atom. The number of likely N-dealkylation sites (tertiary alicyclic amines) is 1. The van der Waals surface area contributed by atoms with Gasteiger partial charge in [-0.15, -0.1) is 6.58 Å². The van der Waals surface area contributed by atoms with E-state index in [-0.39, 0.29) is 17.9 Å². The third kappa shape index (κ3) is 7.83. The lowest BCUT2D eigenvalue weighted by Crippen LogP contribution is -2.33. The van der Waals surface area contributed by atoms with Gasteiger partial charge < -0.3 is 19.7 Å². The molecule has 1 saturated carbocycles. The summed E-state index contributed by atoms with van der Waals surface area (Å²) in [6, 6.07) is 5.08. The van der Waals surface area contributed by atoms with Crippen molar-refractivity contribution < 1.29 is 19.1 Å². The molecule has 0 bridgehead atoms. The fourth-order valence-electron chi connectivity index (χ4n) is 3.65. The Balaban J connectivity index is 1.23. The number of nitrogens with zero attached hydrogens (tertiary/aromatic N) is 2. The average molecular weight is 516 g/mol. The third-order valence-electron chi connectivity index (χ3n) is 5.84. The maximum atomic E-state index is 12.3. The second-order valence-electron chi connectivity index (χ2n) is 8.75. The number of thiazole rings is 1. The van der Waals surface area contributed by atoms with Crippen LogP contribution >= 0.6 is 22.9 Å². The molecule has 2 fully saturated rings. The number of hydrogen-bond acceptors (Lipinski definition) is 6. The van der Waals surface area contributed by atoms with Crippen molar-refractivity contribution in [3.05, 3.63) is 53.0 Å². The van der Waals surface area contributed by atoms with Crippen molar-refractivity contribution in [3.8, 4) is 16.7 Å². The van der Waals surface area contributed by atoms with Gasteiger partial charge in [0.1, 0.15) is 11.5 Å². The molecule has 1 aliphatic carbocycles. The molecule has 0 spiro atoms.